The van der Waals surface area contributed by atoms with Crippen LogP contribution in [-0.2, 0) is 16.1 Å². The number of benzene rings is 2. The minimum Gasteiger partial charge on any atom is -0.494 e. The summed E-state index contributed by atoms with van der Waals surface area (Å²) < 4.78 is 5.75. The van der Waals surface area contributed by atoms with Crippen LogP contribution in [0.15, 0.2) is 48.5 Å². The molecule has 0 aromatic heterocycles. The molecule has 5 heteroatoms. The Balaban J connectivity index is 1.97. The van der Waals surface area contributed by atoms with Crippen molar-refractivity contribution < 1.29 is 14.3 Å². The van der Waals surface area contributed by atoms with E-state index in [4.69, 9.17) is 4.74 Å². The van der Waals surface area contributed by atoms with Gasteiger partial charge in [0, 0.05) is 19.5 Å². The molecule has 31 heavy (non-hydrogen) atoms. The fourth-order valence-electron chi connectivity index (χ4n) is 3.12. The summed E-state index contributed by atoms with van der Waals surface area (Å²) in [6.07, 6.45) is 0.928. The normalized spacial score (nSPS) is 11.8. The number of rotatable bonds is 11. The number of carbonyl (C=O) groups excluding carboxylic acids is 2. The maximum atomic E-state index is 13.0. The molecule has 2 amide bonds. The van der Waals surface area contributed by atoms with E-state index in [-0.39, 0.29) is 11.8 Å². The molecule has 168 valence electrons. The van der Waals surface area contributed by atoms with Crippen molar-refractivity contribution in [2.45, 2.75) is 60.0 Å². The van der Waals surface area contributed by atoms with Gasteiger partial charge in [0.1, 0.15) is 11.8 Å². The lowest BCUT2D eigenvalue weighted by Gasteiger charge is -2.29. The van der Waals surface area contributed by atoms with Gasteiger partial charge in [-0.1, -0.05) is 61.4 Å². The van der Waals surface area contributed by atoms with Crippen molar-refractivity contribution in [1.82, 2.24) is 10.2 Å². The quantitative estimate of drug-likeness (QED) is 0.534. The number of carbonyl (C=O) groups is 2. The van der Waals surface area contributed by atoms with Crippen LogP contribution < -0.4 is 10.1 Å². The van der Waals surface area contributed by atoms with Gasteiger partial charge in [-0.3, -0.25) is 9.59 Å². The average molecular weight is 425 g/mol. The minimum atomic E-state index is -0.537. The zero-order valence-electron chi connectivity index (χ0n) is 19.5. The van der Waals surface area contributed by atoms with Crippen molar-refractivity contribution >= 4 is 11.8 Å². The Morgan fingerprint density at radius 3 is 2.10 bits per heavy atom. The van der Waals surface area contributed by atoms with Gasteiger partial charge in [-0.15, -0.1) is 0 Å². The monoisotopic (exact) mass is 424 g/mol. The molecule has 1 atom stereocenters. The number of nitrogens with zero attached hydrogens (tertiary/aromatic N) is 1. The summed E-state index contributed by atoms with van der Waals surface area (Å²) >= 11 is 0. The van der Waals surface area contributed by atoms with E-state index >= 15 is 0 Å². The molecule has 2 aromatic rings. The van der Waals surface area contributed by atoms with Crippen molar-refractivity contribution in [3.63, 3.8) is 0 Å². The van der Waals surface area contributed by atoms with Crippen LogP contribution in [0.25, 0.3) is 0 Å². The van der Waals surface area contributed by atoms with Crippen LogP contribution in [0.1, 0.15) is 50.3 Å². The Hall–Kier alpha value is -2.82. The number of ether oxygens (including phenoxy) is 1. The third-order valence-corrected chi connectivity index (χ3v) is 5.15. The fourth-order valence-corrected chi connectivity index (χ4v) is 3.12. The Labute approximate surface area is 186 Å². The molecule has 0 radical (unpaired) electrons. The predicted octanol–water partition coefficient (Wildman–Crippen LogP) is 4.65. The zero-order chi connectivity index (χ0) is 22.8. The number of amides is 2. The first-order chi connectivity index (χ1) is 14.8. The summed E-state index contributed by atoms with van der Waals surface area (Å²) in [7, 11) is 0. The summed E-state index contributed by atoms with van der Waals surface area (Å²) in [5.41, 5.74) is 3.36. The van der Waals surface area contributed by atoms with E-state index in [0.29, 0.717) is 38.5 Å². The second-order valence-electron chi connectivity index (χ2n) is 8.59. The molecular weight excluding hydrogens is 388 g/mol. The summed E-state index contributed by atoms with van der Waals surface area (Å²) in [6, 6.07) is 15.4. The lowest BCUT2D eigenvalue weighted by Crippen LogP contribution is -2.48. The van der Waals surface area contributed by atoms with Crippen LogP contribution in [0, 0.1) is 19.8 Å². The smallest absolute Gasteiger partial charge is 0.242 e. The Morgan fingerprint density at radius 1 is 0.935 bits per heavy atom. The molecule has 0 bridgehead atoms. The highest BCUT2D eigenvalue weighted by molar-refractivity contribution is 5.87. The van der Waals surface area contributed by atoms with E-state index in [9.17, 15) is 9.59 Å². The van der Waals surface area contributed by atoms with E-state index in [0.717, 1.165) is 16.9 Å². The van der Waals surface area contributed by atoms with E-state index < -0.39 is 6.04 Å². The van der Waals surface area contributed by atoms with Crippen LogP contribution >= 0.6 is 0 Å². The van der Waals surface area contributed by atoms with Gasteiger partial charge in [-0.2, -0.15) is 0 Å². The standard InChI is InChI=1S/C26H36N2O3/c1-19(2)17-27-26(30)22(5)28(18-23-12-8-20(3)9-13-23)25(29)7-6-16-31-24-14-10-21(4)11-15-24/h8-15,19,22H,6-7,16-18H2,1-5H3,(H,27,30)/t22-/m1/s1. The van der Waals surface area contributed by atoms with Crippen molar-refractivity contribution in [2.75, 3.05) is 13.2 Å². The number of aryl methyl sites for hydroxylation is 2. The number of hydrogen-bond acceptors (Lipinski definition) is 3. The topological polar surface area (TPSA) is 58.6 Å². The largest absolute Gasteiger partial charge is 0.494 e. The first-order valence-corrected chi connectivity index (χ1v) is 11.1. The molecule has 0 aliphatic heterocycles. The second kappa shape index (κ2) is 12.1. The first kappa shape index (κ1) is 24.4. The zero-order valence-corrected chi connectivity index (χ0v) is 19.5. The van der Waals surface area contributed by atoms with Gasteiger partial charge in [-0.05, 0) is 50.8 Å². The maximum absolute atomic E-state index is 13.0. The first-order valence-electron chi connectivity index (χ1n) is 11.1. The highest BCUT2D eigenvalue weighted by Gasteiger charge is 2.25. The third kappa shape index (κ3) is 8.44. The van der Waals surface area contributed by atoms with Gasteiger partial charge in [0.25, 0.3) is 0 Å². The Kier molecular flexibility index (Phi) is 9.57. The van der Waals surface area contributed by atoms with Gasteiger partial charge in [0.05, 0.1) is 6.61 Å². The number of nitrogens with one attached hydrogen (secondary N) is 1. The number of hydrogen-bond donors (Lipinski definition) is 1. The SMILES string of the molecule is Cc1ccc(CN(C(=O)CCCOc2ccc(C)cc2)[C@H](C)C(=O)NCC(C)C)cc1. The molecule has 0 heterocycles. The van der Waals surface area contributed by atoms with Crippen LogP contribution in [0.2, 0.25) is 0 Å². The minimum absolute atomic E-state index is 0.0414. The van der Waals surface area contributed by atoms with E-state index in [2.05, 4.69) is 5.32 Å². The predicted molar refractivity (Wildman–Crippen MR) is 125 cm³/mol. The van der Waals surface area contributed by atoms with Crippen molar-refractivity contribution in [3.8, 4) is 5.75 Å². The highest BCUT2D eigenvalue weighted by Crippen LogP contribution is 2.15. The molecule has 0 spiro atoms. The molecule has 1 N–H and O–H groups in total. The summed E-state index contributed by atoms with van der Waals surface area (Å²) in [4.78, 5) is 27.4. The van der Waals surface area contributed by atoms with Gasteiger partial charge in [0.15, 0.2) is 0 Å². The second-order valence-corrected chi connectivity index (χ2v) is 8.59. The summed E-state index contributed by atoms with van der Waals surface area (Å²) in [5, 5.41) is 2.95. The van der Waals surface area contributed by atoms with Crippen LogP contribution in [-0.4, -0.2) is 35.9 Å². The van der Waals surface area contributed by atoms with Gasteiger partial charge in [0.2, 0.25) is 11.8 Å². The molecular formula is C26H36N2O3. The fraction of sp³-hybridized carbons (Fsp3) is 0.462. The molecule has 2 aromatic carbocycles. The Bertz CT molecular complexity index is 829. The van der Waals surface area contributed by atoms with Gasteiger partial charge < -0.3 is 15.0 Å². The molecule has 0 saturated heterocycles. The van der Waals surface area contributed by atoms with E-state index in [1.807, 2.05) is 76.2 Å². The van der Waals surface area contributed by atoms with Gasteiger partial charge in [-0.25, -0.2) is 0 Å². The third-order valence-electron chi connectivity index (χ3n) is 5.15. The summed E-state index contributed by atoms with van der Waals surface area (Å²) in [5.74, 6) is 0.998. The van der Waals surface area contributed by atoms with Crippen LogP contribution in [0.3, 0.4) is 0 Å². The molecule has 5 nitrogen and oxygen atoms in total. The van der Waals surface area contributed by atoms with Crippen LogP contribution in [0.5, 0.6) is 5.75 Å². The lowest BCUT2D eigenvalue weighted by atomic mass is 10.1. The molecule has 0 fully saturated rings. The Morgan fingerprint density at radius 2 is 1.52 bits per heavy atom. The van der Waals surface area contributed by atoms with Crippen LogP contribution in [0.4, 0.5) is 0 Å². The molecule has 0 saturated carbocycles. The van der Waals surface area contributed by atoms with E-state index in [1.54, 1.807) is 11.8 Å². The average Bonchev–Trinajstić information content (AvgIpc) is 2.75. The molecule has 2 rings (SSSR count). The molecule has 0 unspecified atom stereocenters. The van der Waals surface area contributed by atoms with Crippen molar-refractivity contribution in [2.24, 2.45) is 5.92 Å². The summed E-state index contributed by atoms with van der Waals surface area (Å²) in [6.45, 7) is 11.4. The highest BCUT2D eigenvalue weighted by atomic mass is 16.5. The van der Waals surface area contributed by atoms with Gasteiger partial charge >= 0.3 is 0 Å². The molecule has 0 aliphatic rings. The van der Waals surface area contributed by atoms with E-state index in [1.165, 1.54) is 5.56 Å². The molecule has 0 aliphatic carbocycles. The maximum Gasteiger partial charge on any atom is 0.242 e. The van der Waals surface area contributed by atoms with Crippen molar-refractivity contribution in [3.05, 3.63) is 65.2 Å². The lowest BCUT2D eigenvalue weighted by molar-refractivity contribution is -0.140. The van der Waals surface area contributed by atoms with Crippen molar-refractivity contribution in [1.29, 1.82) is 0 Å².